The number of alkyl halides is 12. The van der Waals surface area contributed by atoms with E-state index in [0.29, 0.717) is 17.0 Å². The first-order valence-corrected chi connectivity index (χ1v) is 12.5. The molecule has 2 N–H and O–H groups in total. The number of amides is 1. The maximum absolute atomic E-state index is 15.3. The van der Waals surface area contributed by atoms with Gasteiger partial charge in [0.05, 0.1) is 5.69 Å². The van der Waals surface area contributed by atoms with Crippen molar-refractivity contribution in [2.75, 3.05) is 11.9 Å². The van der Waals surface area contributed by atoms with Crippen molar-refractivity contribution >= 4 is 40.6 Å². The molecular formula is C19H13BrF12N2OS. The number of hydrogen-bond donors (Lipinski definition) is 1. The number of carbonyl (C=O) groups excluding carboxylic acids is 1. The number of halogens is 13. The lowest BCUT2D eigenvalue weighted by atomic mass is 10.1. The van der Waals surface area contributed by atoms with Crippen LogP contribution in [0.3, 0.4) is 0 Å². The molecule has 202 valence electrons. The van der Waals surface area contributed by atoms with Gasteiger partial charge in [-0.15, -0.1) is 0 Å². The van der Waals surface area contributed by atoms with Gasteiger partial charge in [-0.3, -0.25) is 4.79 Å². The van der Waals surface area contributed by atoms with Gasteiger partial charge in [-0.2, -0.15) is 48.3 Å². The molecule has 0 radical (unpaired) electrons. The van der Waals surface area contributed by atoms with E-state index in [-0.39, 0.29) is 17.3 Å². The summed E-state index contributed by atoms with van der Waals surface area (Å²) in [6.07, 6.45) is -21.6. The molecule has 0 spiro atoms. The number of benzene rings is 2. The number of primary amides is 1. The van der Waals surface area contributed by atoms with E-state index in [4.69, 9.17) is 5.73 Å². The summed E-state index contributed by atoms with van der Waals surface area (Å²) >= 11 is 1.37. The van der Waals surface area contributed by atoms with Gasteiger partial charge in [0, 0.05) is 23.2 Å². The molecule has 0 aliphatic rings. The van der Waals surface area contributed by atoms with Crippen LogP contribution >= 0.6 is 23.3 Å². The number of hydrogen-bond acceptors (Lipinski definition) is 2. The standard InChI is InChI=1S/C19H13BrF12N2OS/c1-34(11-6-4-5-10(9-11)14(33)35)12-7-2-3-8-13(12)36(20,19(31,32)18(28,29)30)15(21,16(22,23)24)17(25,26)27/h2-9H,1H3,(H2,33,35). The van der Waals surface area contributed by atoms with Crippen LogP contribution in [0, 0.1) is 0 Å². The first-order valence-electron chi connectivity index (χ1n) is 9.07. The molecule has 1 unspecified atom stereocenters. The Hall–Kier alpha value is -2.30. The number of carbonyl (C=O) groups is 1. The second kappa shape index (κ2) is 9.22. The van der Waals surface area contributed by atoms with Crippen molar-refractivity contribution in [1.29, 1.82) is 0 Å². The smallest absolute Gasteiger partial charge is 0.366 e. The van der Waals surface area contributed by atoms with Crippen LogP contribution in [0.2, 0.25) is 0 Å². The molecule has 1 amide bonds. The van der Waals surface area contributed by atoms with Crippen LogP contribution in [-0.4, -0.2) is 41.7 Å². The molecule has 0 fully saturated rings. The van der Waals surface area contributed by atoms with Gasteiger partial charge in [0.15, 0.2) is 0 Å². The van der Waals surface area contributed by atoms with E-state index < -0.39 is 53.7 Å². The van der Waals surface area contributed by atoms with E-state index in [9.17, 15) is 53.1 Å². The van der Waals surface area contributed by atoms with Crippen molar-refractivity contribution < 1.29 is 57.5 Å². The van der Waals surface area contributed by atoms with Gasteiger partial charge < -0.3 is 10.6 Å². The number of nitrogens with zero attached hydrogens (tertiary/aromatic N) is 1. The van der Waals surface area contributed by atoms with Crippen molar-refractivity contribution in [3.05, 3.63) is 54.1 Å². The van der Waals surface area contributed by atoms with Crippen LogP contribution in [0.15, 0.2) is 53.4 Å². The Labute approximate surface area is 203 Å². The van der Waals surface area contributed by atoms with Gasteiger partial charge in [0.25, 0.3) is 0 Å². The summed E-state index contributed by atoms with van der Waals surface area (Å²) in [6, 6.07) is 6.46. The monoisotopic (exact) mass is 624 g/mol. The number of nitrogens with two attached hydrogens (primary N) is 1. The van der Waals surface area contributed by atoms with Crippen molar-refractivity contribution in [1.82, 2.24) is 0 Å². The third-order valence-corrected chi connectivity index (χ3v) is 11.6. The molecule has 0 bridgehead atoms. The Morgan fingerprint density at radius 2 is 1.31 bits per heavy atom. The van der Waals surface area contributed by atoms with E-state index in [1.54, 1.807) is 0 Å². The molecule has 3 nitrogen and oxygen atoms in total. The van der Waals surface area contributed by atoms with Crippen molar-refractivity contribution in [3.8, 4) is 0 Å². The maximum Gasteiger partial charge on any atom is 0.463 e. The molecule has 1 atom stereocenters. The molecule has 2 aromatic rings. The quantitative estimate of drug-likeness (QED) is 0.331. The van der Waals surface area contributed by atoms with Gasteiger partial charge in [-0.05, 0) is 53.6 Å². The first-order chi connectivity index (χ1) is 16.1. The van der Waals surface area contributed by atoms with Crippen molar-refractivity contribution in [2.45, 2.75) is 33.7 Å². The molecule has 0 aromatic heterocycles. The summed E-state index contributed by atoms with van der Waals surface area (Å²) in [7, 11) is -6.24. The summed E-state index contributed by atoms with van der Waals surface area (Å²) in [4.78, 5) is 10.0. The Bertz CT molecular complexity index is 1120. The molecule has 0 saturated carbocycles. The highest BCUT2D eigenvalue weighted by Crippen LogP contribution is 2.88. The molecule has 0 aliphatic heterocycles. The Kier molecular flexibility index (Phi) is 7.66. The predicted octanol–water partition coefficient (Wildman–Crippen LogP) is 7.97. The van der Waals surface area contributed by atoms with Gasteiger partial charge in [0.2, 0.25) is 5.91 Å². The molecule has 0 heterocycles. The van der Waals surface area contributed by atoms with Crippen LogP contribution < -0.4 is 10.6 Å². The lowest BCUT2D eigenvalue weighted by Gasteiger charge is -2.51. The third kappa shape index (κ3) is 4.48. The molecular weight excluding hydrogens is 612 g/mol. The van der Waals surface area contributed by atoms with E-state index in [1.807, 2.05) is 0 Å². The second-order valence-corrected chi connectivity index (χ2v) is 12.6. The first kappa shape index (κ1) is 29.9. The van der Waals surface area contributed by atoms with E-state index in [0.717, 1.165) is 37.4 Å². The maximum atomic E-state index is 15.3. The fraction of sp³-hybridized carbons (Fsp3) is 0.316. The van der Waals surface area contributed by atoms with Crippen LogP contribution in [0.4, 0.5) is 64.1 Å². The Morgan fingerprint density at radius 1 is 0.806 bits per heavy atom. The average Bonchev–Trinajstić information content (AvgIpc) is 2.75. The largest absolute Gasteiger partial charge is 0.463 e. The highest BCUT2D eigenvalue weighted by Gasteiger charge is 2.88. The van der Waals surface area contributed by atoms with Crippen molar-refractivity contribution in [3.63, 3.8) is 0 Å². The normalized spacial score (nSPS) is 16.3. The molecule has 36 heavy (non-hydrogen) atoms. The van der Waals surface area contributed by atoms with Gasteiger partial charge in [-0.25, -0.2) is 4.39 Å². The van der Waals surface area contributed by atoms with Crippen LogP contribution in [0.1, 0.15) is 10.4 Å². The van der Waals surface area contributed by atoms with E-state index in [2.05, 4.69) is 0 Å². The van der Waals surface area contributed by atoms with E-state index >= 15 is 4.39 Å². The fourth-order valence-electron chi connectivity index (χ4n) is 3.08. The fourth-order valence-corrected chi connectivity index (χ4v) is 8.21. The van der Waals surface area contributed by atoms with Crippen LogP contribution in [0.25, 0.3) is 0 Å². The van der Waals surface area contributed by atoms with Gasteiger partial charge >= 0.3 is 28.8 Å². The minimum absolute atomic E-state index is 0.0965. The summed E-state index contributed by atoms with van der Waals surface area (Å²) in [6.45, 7) is 0. The minimum Gasteiger partial charge on any atom is -0.366 e. The summed E-state index contributed by atoms with van der Waals surface area (Å²) < 4.78 is 167. The molecule has 2 rings (SSSR count). The zero-order valence-corrected chi connectivity index (χ0v) is 19.8. The highest BCUT2D eigenvalue weighted by molar-refractivity contribution is 9.58. The number of rotatable bonds is 6. The average molecular weight is 625 g/mol. The Morgan fingerprint density at radius 3 is 1.75 bits per heavy atom. The summed E-state index contributed by atoms with van der Waals surface area (Å²) in [5, 5.41) is -14.0. The number of para-hydroxylation sites is 1. The number of anilines is 2. The highest BCUT2D eigenvalue weighted by atomic mass is 79.9. The predicted molar refractivity (Wildman–Crippen MR) is 111 cm³/mol. The minimum atomic E-state index is -7.28. The summed E-state index contributed by atoms with van der Waals surface area (Å²) in [5.74, 6) is -1.04. The van der Waals surface area contributed by atoms with Crippen LogP contribution in [0.5, 0.6) is 0 Å². The van der Waals surface area contributed by atoms with Gasteiger partial charge in [0.1, 0.15) is 0 Å². The van der Waals surface area contributed by atoms with Gasteiger partial charge in [-0.1, -0.05) is 18.2 Å². The third-order valence-electron chi connectivity index (χ3n) is 4.85. The molecule has 0 aliphatic carbocycles. The zero-order valence-electron chi connectivity index (χ0n) is 17.4. The second-order valence-electron chi connectivity index (χ2n) is 7.08. The summed E-state index contributed by atoms with van der Waals surface area (Å²) in [5.41, 5.74) is 3.49. The molecule has 0 saturated heterocycles. The lowest BCUT2D eigenvalue weighted by Crippen LogP contribution is -2.60. The topological polar surface area (TPSA) is 46.3 Å². The van der Waals surface area contributed by atoms with E-state index in [1.165, 1.54) is 14.8 Å². The van der Waals surface area contributed by atoms with Crippen molar-refractivity contribution in [2.24, 2.45) is 5.73 Å². The molecule has 17 heteroatoms. The molecule has 2 aromatic carbocycles. The van der Waals surface area contributed by atoms with Crippen LogP contribution in [-0.2, 0) is 0 Å². The SMILES string of the molecule is CN(c1cccc(C(N)=O)c1)c1ccccc1S(Br)(C(F)(F)C(F)(F)F)C(F)(C(F)(F)F)C(F)(F)F. The zero-order chi connectivity index (χ0) is 28.1. The Balaban J connectivity index is 3.05. The lowest BCUT2D eigenvalue weighted by molar-refractivity contribution is -0.308.